The van der Waals surface area contributed by atoms with E-state index < -0.39 is 5.97 Å². The molecule has 0 saturated carbocycles. The van der Waals surface area contributed by atoms with Gasteiger partial charge in [-0.05, 0) is 56.2 Å². The lowest BCUT2D eigenvalue weighted by Crippen LogP contribution is -2.45. The summed E-state index contributed by atoms with van der Waals surface area (Å²) in [5, 5.41) is 2.83. The Morgan fingerprint density at radius 1 is 1.00 bits per heavy atom. The zero-order chi connectivity index (χ0) is 25.6. The van der Waals surface area contributed by atoms with Crippen molar-refractivity contribution in [3.8, 4) is 0 Å². The summed E-state index contributed by atoms with van der Waals surface area (Å²) in [5.74, 6) is -0.521. The van der Waals surface area contributed by atoms with Crippen LogP contribution in [0.2, 0.25) is 0 Å². The Morgan fingerprint density at radius 3 is 2.31 bits per heavy atom. The van der Waals surface area contributed by atoms with Gasteiger partial charge in [-0.2, -0.15) is 0 Å². The molecule has 0 saturated heterocycles. The first kappa shape index (κ1) is 27.9. The van der Waals surface area contributed by atoms with Gasteiger partial charge < -0.3 is 29.2 Å². The van der Waals surface area contributed by atoms with Crippen LogP contribution in [0.25, 0.3) is 0 Å². The highest BCUT2D eigenvalue weighted by Gasteiger charge is 2.22. The van der Waals surface area contributed by atoms with Crippen LogP contribution in [0.15, 0.2) is 42.6 Å². The van der Waals surface area contributed by atoms with E-state index >= 15 is 0 Å². The molecule has 0 fully saturated rings. The molecule has 2 rings (SSSR count). The van der Waals surface area contributed by atoms with Crippen LogP contribution >= 0.6 is 0 Å². The third-order valence-electron chi connectivity index (χ3n) is 5.58. The second kappa shape index (κ2) is 14.8. The topological polar surface area (TPSA) is 93.1 Å². The zero-order valence-electron chi connectivity index (χ0n) is 21.3. The van der Waals surface area contributed by atoms with E-state index in [-0.39, 0.29) is 18.5 Å². The molecule has 9 heteroatoms. The van der Waals surface area contributed by atoms with Gasteiger partial charge >= 0.3 is 12.0 Å². The number of nitrogens with one attached hydrogen (secondary N) is 1. The molecule has 192 valence electrons. The standard InChI is InChI=1S/C26H38N4O5/c1-5-7-16-29(19-23-10-8-15-28(23)3)24(31)20-30(17-9-18-34-4)26(33)27-22-13-11-21(12-14-22)25(32)35-6-2/h8,10-15H,5-7,9,16-20H2,1-4H3,(H,27,33). The second-order valence-electron chi connectivity index (χ2n) is 8.28. The molecule has 0 radical (unpaired) electrons. The van der Waals surface area contributed by atoms with E-state index in [1.807, 2.05) is 34.8 Å². The highest BCUT2D eigenvalue weighted by Crippen LogP contribution is 2.13. The predicted molar refractivity (Wildman–Crippen MR) is 135 cm³/mol. The predicted octanol–water partition coefficient (Wildman–Crippen LogP) is 3.90. The number of aromatic nitrogens is 1. The third kappa shape index (κ3) is 9.09. The lowest BCUT2D eigenvalue weighted by atomic mass is 10.2. The molecule has 0 aliphatic heterocycles. The summed E-state index contributed by atoms with van der Waals surface area (Å²) < 4.78 is 12.1. The Labute approximate surface area is 208 Å². The molecule has 9 nitrogen and oxygen atoms in total. The van der Waals surface area contributed by atoms with E-state index in [1.165, 1.54) is 4.90 Å². The highest BCUT2D eigenvalue weighted by molar-refractivity contribution is 5.94. The maximum absolute atomic E-state index is 13.3. The average Bonchev–Trinajstić information content (AvgIpc) is 3.25. The maximum atomic E-state index is 13.3. The average molecular weight is 487 g/mol. The van der Waals surface area contributed by atoms with Gasteiger partial charge in [0.2, 0.25) is 5.91 Å². The number of hydrogen-bond acceptors (Lipinski definition) is 5. The first-order valence-electron chi connectivity index (χ1n) is 12.1. The van der Waals surface area contributed by atoms with Crippen molar-refractivity contribution in [3.63, 3.8) is 0 Å². The molecular weight excluding hydrogens is 448 g/mol. The Balaban J connectivity index is 2.10. The number of methoxy groups -OCH3 is 1. The van der Waals surface area contributed by atoms with E-state index in [0.717, 1.165) is 18.5 Å². The SMILES string of the molecule is CCCCN(Cc1cccn1C)C(=O)CN(CCCOC)C(=O)Nc1ccc(C(=O)OCC)cc1. The van der Waals surface area contributed by atoms with Gasteiger partial charge in [-0.15, -0.1) is 0 Å². The minimum atomic E-state index is -0.414. The highest BCUT2D eigenvalue weighted by atomic mass is 16.5. The first-order valence-corrected chi connectivity index (χ1v) is 12.1. The van der Waals surface area contributed by atoms with Crippen LogP contribution in [0.5, 0.6) is 0 Å². The van der Waals surface area contributed by atoms with Crippen molar-refractivity contribution in [3.05, 3.63) is 53.9 Å². The third-order valence-corrected chi connectivity index (χ3v) is 5.58. The lowest BCUT2D eigenvalue weighted by molar-refractivity contribution is -0.132. The summed E-state index contributed by atoms with van der Waals surface area (Å²) in [6.45, 7) is 6.06. The van der Waals surface area contributed by atoms with Crippen molar-refractivity contribution in [1.29, 1.82) is 0 Å². The van der Waals surface area contributed by atoms with E-state index in [9.17, 15) is 14.4 Å². The number of anilines is 1. The molecule has 0 unspecified atom stereocenters. The van der Waals surface area contributed by atoms with Gasteiger partial charge in [-0.25, -0.2) is 9.59 Å². The fourth-order valence-corrected chi connectivity index (χ4v) is 3.52. The van der Waals surface area contributed by atoms with Crippen LogP contribution in [-0.4, -0.2) is 72.2 Å². The summed E-state index contributed by atoms with van der Waals surface area (Å²) in [6.07, 6.45) is 4.41. The number of amides is 3. The Bertz CT molecular complexity index is 941. The van der Waals surface area contributed by atoms with Crippen molar-refractivity contribution < 1.29 is 23.9 Å². The van der Waals surface area contributed by atoms with Gasteiger partial charge in [0.25, 0.3) is 0 Å². The van der Waals surface area contributed by atoms with Gasteiger partial charge in [0.15, 0.2) is 0 Å². The molecule has 2 aromatic rings. The van der Waals surface area contributed by atoms with Gasteiger partial charge in [-0.1, -0.05) is 13.3 Å². The second-order valence-corrected chi connectivity index (χ2v) is 8.28. The number of unbranched alkanes of at least 4 members (excludes halogenated alkanes) is 1. The number of esters is 1. The number of carbonyl (C=O) groups is 3. The molecule has 0 bridgehead atoms. The number of rotatable bonds is 14. The number of carbonyl (C=O) groups excluding carboxylic acids is 3. The van der Waals surface area contributed by atoms with E-state index in [1.54, 1.807) is 38.3 Å². The van der Waals surface area contributed by atoms with Gasteiger partial charge in [0, 0.05) is 51.4 Å². The van der Waals surface area contributed by atoms with Crippen LogP contribution < -0.4 is 5.32 Å². The lowest BCUT2D eigenvalue weighted by Gasteiger charge is -2.28. The fraction of sp³-hybridized carbons (Fsp3) is 0.500. The smallest absolute Gasteiger partial charge is 0.338 e. The summed E-state index contributed by atoms with van der Waals surface area (Å²) in [7, 11) is 3.56. The van der Waals surface area contributed by atoms with E-state index in [4.69, 9.17) is 9.47 Å². The number of aryl methyl sites for hydroxylation is 1. The summed E-state index contributed by atoms with van der Waals surface area (Å²) >= 11 is 0. The summed E-state index contributed by atoms with van der Waals surface area (Å²) in [4.78, 5) is 41.5. The fourth-order valence-electron chi connectivity index (χ4n) is 3.52. The van der Waals surface area contributed by atoms with Crippen molar-refractivity contribution in [2.45, 2.75) is 39.7 Å². The normalized spacial score (nSPS) is 10.6. The van der Waals surface area contributed by atoms with Crippen LogP contribution in [-0.2, 0) is 27.9 Å². The van der Waals surface area contributed by atoms with Gasteiger partial charge in [0.05, 0.1) is 18.7 Å². The molecule has 35 heavy (non-hydrogen) atoms. The molecule has 1 aromatic heterocycles. The van der Waals surface area contributed by atoms with E-state index in [2.05, 4.69) is 12.2 Å². The first-order chi connectivity index (χ1) is 16.9. The quantitative estimate of drug-likeness (QED) is 0.323. The maximum Gasteiger partial charge on any atom is 0.338 e. The van der Waals surface area contributed by atoms with Crippen LogP contribution in [0.1, 0.15) is 49.2 Å². The number of nitrogens with zero attached hydrogens (tertiary/aromatic N) is 3. The monoisotopic (exact) mass is 486 g/mol. The largest absolute Gasteiger partial charge is 0.462 e. The number of benzene rings is 1. The molecule has 0 aliphatic rings. The van der Waals surface area contributed by atoms with Crippen molar-refractivity contribution in [2.75, 3.05) is 45.3 Å². The van der Waals surface area contributed by atoms with E-state index in [0.29, 0.717) is 50.5 Å². The molecule has 0 spiro atoms. The molecule has 1 heterocycles. The van der Waals surface area contributed by atoms with Crippen LogP contribution in [0.3, 0.4) is 0 Å². The van der Waals surface area contributed by atoms with Crippen LogP contribution in [0.4, 0.5) is 10.5 Å². The minimum Gasteiger partial charge on any atom is -0.462 e. The van der Waals surface area contributed by atoms with Gasteiger partial charge in [0.1, 0.15) is 6.54 Å². The van der Waals surface area contributed by atoms with Crippen molar-refractivity contribution in [2.24, 2.45) is 7.05 Å². The molecule has 1 aromatic carbocycles. The molecule has 3 amide bonds. The Hall–Kier alpha value is -3.33. The zero-order valence-corrected chi connectivity index (χ0v) is 21.3. The summed E-state index contributed by atoms with van der Waals surface area (Å²) in [6, 6.07) is 10.0. The Kier molecular flexibility index (Phi) is 11.8. The molecular formula is C26H38N4O5. The molecule has 0 atom stereocenters. The minimum absolute atomic E-state index is 0.0371. The molecule has 0 aliphatic carbocycles. The van der Waals surface area contributed by atoms with Crippen molar-refractivity contribution in [1.82, 2.24) is 14.4 Å². The van der Waals surface area contributed by atoms with Crippen LogP contribution in [0, 0.1) is 0 Å². The van der Waals surface area contributed by atoms with Gasteiger partial charge in [-0.3, -0.25) is 4.79 Å². The van der Waals surface area contributed by atoms with Crippen molar-refractivity contribution >= 4 is 23.6 Å². The summed E-state index contributed by atoms with van der Waals surface area (Å²) in [5.41, 5.74) is 1.97. The Morgan fingerprint density at radius 2 is 1.71 bits per heavy atom. The molecule has 1 N–H and O–H groups in total. The number of hydrogen-bond donors (Lipinski definition) is 1. The number of urea groups is 1. The number of ether oxygens (including phenoxy) is 2.